The average molecular weight is 318 g/mol. The molecule has 1 aliphatic heterocycles. The van der Waals surface area contributed by atoms with Gasteiger partial charge in [-0.1, -0.05) is 0 Å². The second-order valence-electron chi connectivity index (χ2n) is 4.84. The Balaban J connectivity index is 2.04. The van der Waals surface area contributed by atoms with E-state index >= 15 is 0 Å². The minimum atomic E-state index is -4.60. The summed E-state index contributed by atoms with van der Waals surface area (Å²) in [4.78, 5) is 11.5. The second kappa shape index (κ2) is 6.48. The molecular formula is C13H16F2N2O3S. The minimum absolute atomic E-state index is 0.0873. The Labute approximate surface area is 121 Å². The number of anilines is 1. The van der Waals surface area contributed by atoms with E-state index < -0.39 is 20.5 Å². The van der Waals surface area contributed by atoms with Gasteiger partial charge in [0.25, 0.3) is 0 Å². The summed E-state index contributed by atoms with van der Waals surface area (Å²) in [5.41, 5.74) is 0.395. The highest BCUT2D eigenvalue weighted by molar-refractivity contribution is 7.91. The first-order chi connectivity index (χ1) is 9.91. The summed E-state index contributed by atoms with van der Waals surface area (Å²) in [5.74, 6) is -3.68. The van der Waals surface area contributed by atoms with E-state index in [1.807, 2.05) is 0 Å². The van der Waals surface area contributed by atoms with E-state index in [4.69, 9.17) is 0 Å². The number of halogens is 2. The van der Waals surface area contributed by atoms with Crippen LogP contribution in [0.4, 0.5) is 14.5 Å². The van der Waals surface area contributed by atoms with E-state index in [2.05, 4.69) is 10.6 Å². The van der Waals surface area contributed by atoms with Gasteiger partial charge in [0, 0.05) is 11.6 Å². The fraction of sp³-hybridized carbons (Fsp3) is 0.462. The van der Waals surface area contributed by atoms with E-state index in [1.54, 1.807) is 0 Å². The Morgan fingerprint density at radius 2 is 1.76 bits per heavy atom. The molecule has 116 valence electrons. The summed E-state index contributed by atoms with van der Waals surface area (Å²) in [6.45, 7) is 1.56. The van der Waals surface area contributed by atoms with Crippen LogP contribution < -0.4 is 10.6 Å². The molecule has 0 saturated carbocycles. The van der Waals surface area contributed by atoms with Gasteiger partial charge in [0.1, 0.15) is 0 Å². The van der Waals surface area contributed by atoms with Gasteiger partial charge < -0.3 is 10.6 Å². The maximum absolute atomic E-state index is 12.4. The first kappa shape index (κ1) is 15.8. The lowest BCUT2D eigenvalue weighted by Crippen LogP contribution is -2.34. The lowest BCUT2D eigenvalue weighted by molar-refractivity contribution is -0.120. The maximum atomic E-state index is 12.4. The van der Waals surface area contributed by atoms with Crippen molar-refractivity contribution in [2.24, 2.45) is 5.92 Å². The van der Waals surface area contributed by atoms with E-state index in [1.165, 1.54) is 12.1 Å². The van der Waals surface area contributed by atoms with Crippen molar-refractivity contribution in [2.75, 3.05) is 18.4 Å². The van der Waals surface area contributed by atoms with Gasteiger partial charge in [-0.3, -0.25) is 4.79 Å². The van der Waals surface area contributed by atoms with Gasteiger partial charge in [-0.25, -0.2) is 8.42 Å². The van der Waals surface area contributed by atoms with E-state index in [0.717, 1.165) is 38.1 Å². The lowest BCUT2D eigenvalue weighted by atomic mass is 9.97. The van der Waals surface area contributed by atoms with Gasteiger partial charge >= 0.3 is 5.76 Å². The van der Waals surface area contributed by atoms with Crippen molar-refractivity contribution in [1.29, 1.82) is 0 Å². The molecule has 0 unspecified atom stereocenters. The molecule has 0 aromatic heterocycles. The molecule has 2 N–H and O–H groups in total. The molecule has 1 saturated heterocycles. The predicted molar refractivity (Wildman–Crippen MR) is 73.9 cm³/mol. The highest BCUT2D eigenvalue weighted by Gasteiger charge is 2.26. The summed E-state index contributed by atoms with van der Waals surface area (Å²) in [7, 11) is -4.60. The number of piperidine rings is 1. The van der Waals surface area contributed by atoms with Crippen LogP contribution in [0, 0.1) is 5.92 Å². The second-order valence-corrected chi connectivity index (χ2v) is 6.76. The first-order valence-electron chi connectivity index (χ1n) is 6.55. The van der Waals surface area contributed by atoms with Crippen molar-refractivity contribution in [3.63, 3.8) is 0 Å². The average Bonchev–Trinajstić information content (AvgIpc) is 2.48. The summed E-state index contributed by atoms with van der Waals surface area (Å²) in [6, 6.07) is 4.77. The molecule has 0 atom stereocenters. The Hall–Kier alpha value is -1.54. The standard InChI is InChI=1S/C13H16F2N2O3S/c14-13(15)21(19,20)11-3-1-10(2-4-11)17-12(18)9-5-7-16-8-6-9/h1-4,9,13,16H,5-8H2,(H,17,18). The number of alkyl halides is 2. The predicted octanol–water partition coefficient (Wildman–Crippen LogP) is 1.62. The highest BCUT2D eigenvalue weighted by Crippen LogP contribution is 2.21. The van der Waals surface area contributed by atoms with Crippen LogP contribution in [0.5, 0.6) is 0 Å². The van der Waals surface area contributed by atoms with Crippen molar-refractivity contribution in [2.45, 2.75) is 23.5 Å². The number of amides is 1. The van der Waals surface area contributed by atoms with Crippen molar-refractivity contribution in [3.05, 3.63) is 24.3 Å². The number of rotatable bonds is 4. The fourth-order valence-electron chi connectivity index (χ4n) is 2.16. The third kappa shape index (κ3) is 3.76. The highest BCUT2D eigenvalue weighted by atomic mass is 32.2. The molecule has 0 spiro atoms. The Bertz CT molecular complexity index is 596. The largest absolute Gasteiger partial charge is 0.341 e. The smallest absolute Gasteiger partial charge is 0.326 e. The molecule has 5 nitrogen and oxygen atoms in total. The third-order valence-electron chi connectivity index (χ3n) is 3.39. The Morgan fingerprint density at radius 3 is 2.29 bits per heavy atom. The SMILES string of the molecule is O=C(Nc1ccc(S(=O)(=O)C(F)F)cc1)C1CCNCC1. The van der Waals surface area contributed by atoms with Gasteiger partial charge in [0.05, 0.1) is 4.90 Å². The monoisotopic (exact) mass is 318 g/mol. The molecule has 1 aliphatic rings. The summed E-state index contributed by atoms with van der Waals surface area (Å²) >= 11 is 0. The summed E-state index contributed by atoms with van der Waals surface area (Å²) in [5, 5.41) is 5.82. The number of hydrogen-bond donors (Lipinski definition) is 2. The lowest BCUT2D eigenvalue weighted by Gasteiger charge is -2.21. The van der Waals surface area contributed by atoms with Gasteiger partial charge in [0.2, 0.25) is 15.7 Å². The Morgan fingerprint density at radius 1 is 1.19 bits per heavy atom. The van der Waals surface area contributed by atoms with Crippen LogP contribution in [0.1, 0.15) is 12.8 Å². The number of carbonyl (C=O) groups excluding carboxylic acids is 1. The number of benzene rings is 1. The van der Waals surface area contributed by atoms with Gasteiger partial charge in [0.15, 0.2) is 0 Å². The topological polar surface area (TPSA) is 75.3 Å². The van der Waals surface area contributed by atoms with Gasteiger partial charge in [-0.15, -0.1) is 0 Å². The van der Waals surface area contributed by atoms with Crippen molar-refractivity contribution >= 4 is 21.4 Å². The van der Waals surface area contributed by atoms with Gasteiger partial charge in [-0.2, -0.15) is 8.78 Å². The maximum Gasteiger partial charge on any atom is 0.341 e. The van der Waals surface area contributed by atoms with Crippen LogP contribution in [0.15, 0.2) is 29.2 Å². The minimum Gasteiger partial charge on any atom is -0.326 e. The van der Waals surface area contributed by atoms with Crippen molar-refractivity contribution in [3.8, 4) is 0 Å². The molecule has 8 heteroatoms. The van der Waals surface area contributed by atoms with Gasteiger partial charge in [-0.05, 0) is 50.2 Å². The van der Waals surface area contributed by atoms with Crippen molar-refractivity contribution < 1.29 is 22.0 Å². The van der Waals surface area contributed by atoms with Crippen LogP contribution in [-0.4, -0.2) is 33.2 Å². The van der Waals surface area contributed by atoms with E-state index in [9.17, 15) is 22.0 Å². The third-order valence-corrected chi connectivity index (χ3v) is 4.79. The molecule has 21 heavy (non-hydrogen) atoms. The molecule has 0 bridgehead atoms. The first-order valence-corrected chi connectivity index (χ1v) is 8.09. The molecule has 1 fully saturated rings. The molecule has 0 radical (unpaired) electrons. The zero-order valence-electron chi connectivity index (χ0n) is 11.2. The van der Waals surface area contributed by atoms with Crippen LogP contribution >= 0.6 is 0 Å². The zero-order chi connectivity index (χ0) is 15.5. The molecule has 1 aromatic carbocycles. The van der Waals surface area contributed by atoms with Crippen LogP contribution in [-0.2, 0) is 14.6 Å². The van der Waals surface area contributed by atoms with Crippen LogP contribution in [0.2, 0.25) is 0 Å². The molecule has 1 amide bonds. The normalized spacial score (nSPS) is 16.9. The fourth-order valence-corrected chi connectivity index (χ4v) is 2.88. The zero-order valence-corrected chi connectivity index (χ0v) is 12.0. The van der Waals surface area contributed by atoms with E-state index in [0.29, 0.717) is 5.69 Å². The number of hydrogen-bond acceptors (Lipinski definition) is 4. The molecular weight excluding hydrogens is 302 g/mol. The molecule has 1 aromatic rings. The Kier molecular flexibility index (Phi) is 4.89. The summed E-state index contributed by atoms with van der Waals surface area (Å²) < 4.78 is 47.3. The van der Waals surface area contributed by atoms with Crippen molar-refractivity contribution in [1.82, 2.24) is 5.32 Å². The number of carbonyl (C=O) groups is 1. The molecule has 2 rings (SSSR count). The van der Waals surface area contributed by atoms with Crippen LogP contribution in [0.25, 0.3) is 0 Å². The number of nitrogens with one attached hydrogen (secondary N) is 2. The molecule has 0 aliphatic carbocycles. The van der Waals surface area contributed by atoms with E-state index in [-0.39, 0.29) is 11.8 Å². The van der Waals surface area contributed by atoms with Crippen LogP contribution in [0.3, 0.4) is 0 Å². The quantitative estimate of drug-likeness (QED) is 0.884. The summed E-state index contributed by atoms with van der Waals surface area (Å²) in [6.07, 6.45) is 1.48. The number of sulfone groups is 1. The molecule has 1 heterocycles.